The molecule has 0 aliphatic heterocycles. The van der Waals surface area contributed by atoms with E-state index in [4.69, 9.17) is 15.7 Å². The second-order valence-electron chi connectivity index (χ2n) is 4.97. The number of nitrogens with one attached hydrogen (secondary N) is 2. The number of para-hydroxylation sites is 1. The molecular weight excluding hydrogens is 310 g/mol. The SMILES string of the molecule is CC(O)C(NCCNc1cnnc(N)n1)Oc1ccccc1C#N. The Morgan fingerprint density at radius 2 is 2.17 bits per heavy atom. The van der Waals surface area contributed by atoms with E-state index < -0.39 is 12.3 Å². The van der Waals surface area contributed by atoms with Crippen LogP contribution in [0.4, 0.5) is 11.8 Å². The van der Waals surface area contributed by atoms with E-state index >= 15 is 0 Å². The van der Waals surface area contributed by atoms with Crippen molar-refractivity contribution < 1.29 is 9.84 Å². The molecule has 0 bridgehead atoms. The van der Waals surface area contributed by atoms with Crippen molar-refractivity contribution in [1.29, 1.82) is 5.26 Å². The van der Waals surface area contributed by atoms with Crippen LogP contribution in [0.25, 0.3) is 0 Å². The molecule has 0 fully saturated rings. The van der Waals surface area contributed by atoms with Gasteiger partial charge >= 0.3 is 0 Å². The number of nitrogen functional groups attached to an aromatic ring is 1. The Hall–Kier alpha value is -2.96. The molecule has 0 saturated carbocycles. The van der Waals surface area contributed by atoms with E-state index in [1.807, 2.05) is 0 Å². The average Bonchev–Trinajstić information content (AvgIpc) is 2.57. The molecule has 0 spiro atoms. The van der Waals surface area contributed by atoms with Gasteiger partial charge < -0.3 is 20.9 Å². The largest absolute Gasteiger partial charge is 0.471 e. The molecule has 0 radical (unpaired) electrons. The van der Waals surface area contributed by atoms with Crippen molar-refractivity contribution in [1.82, 2.24) is 20.5 Å². The summed E-state index contributed by atoms with van der Waals surface area (Å²) in [6, 6.07) is 8.91. The minimum absolute atomic E-state index is 0.0891. The molecule has 9 nitrogen and oxygen atoms in total. The van der Waals surface area contributed by atoms with Gasteiger partial charge in [-0.05, 0) is 19.1 Å². The smallest absolute Gasteiger partial charge is 0.242 e. The molecule has 0 amide bonds. The van der Waals surface area contributed by atoms with Crippen LogP contribution in [0, 0.1) is 11.3 Å². The molecule has 0 aliphatic rings. The monoisotopic (exact) mass is 329 g/mol. The lowest BCUT2D eigenvalue weighted by molar-refractivity contribution is 0.0278. The summed E-state index contributed by atoms with van der Waals surface area (Å²) >= 11 is 0. The maximum Gasteiger partial charge on any atom is 0.242 e. The van der Waals surface area contributed by atoms with Gasteiger partial charge in [-0.25, -0.2) is 0 Å². The number of ether oxygens (including phenoxy) is 1. The van der Waals surface area contributed by atoms with Crippen LogP contribution in [-0.2, 0) is 0 Å². The quantitative estimate of drug-likeness (QED) is 0.392. The second kappa shape index (κ2) is 8.61. The number of aliphatic hydroxyl groups is 1. The van der Waals surface area contributed by atoms with E-state index in [9.17, 15) is 5.11 Å². The van der Waals surface area contributed by atoms with Crippen LogP contribution in [0.5, 0.6) is 5.75 Å². The third-order valence-electron chi connectivity index (χ3n) is 3.05. The van der Waals surface area contributed by atoms with Gasteiger partial charge in [0.2, 0.25) is 5.95 Å². The highest BCUT2D eigenvalue weighted by atomic mass is 16.5. The number of nitriles is 1. The van der Waals surface area contributed by atoms with Crippen LogP contribution in [0.2, 0.25) is 0 Å². The molecule has 1 aromatic heterocycles. The molecule has 24 heavy (non-hydrogen) atoms. The highest BCUT2D eigenvalue weighted by Gasteiger charge is 2.17. The molecule has 2 atom stereocenters. The number of nitrogens with two attached hydrogens (primary N) is 1. The fourth-order valence-corrected chi connectivity index (χ4v) is 1.92. The number of aliphatic hydroxyl groups excluding tert-OH is 1. The number of rotatable bonds is 8. The van der Waals surface area contributed by atoms with Crippen molar-refractivity contribution in [3.63, 3.8) is 0 Å². The first-order chi connectivity index (χ1) is 11.6. The number of anilines is 2. The molecule has 126 valence electrons. The predicted octanol–water partition coefficient (Wildman–Crippen LogP) is 0.113. The van der Waals surface area contributed by atoms with E-state index in [1.54, 1.807) is 31.2 Å². The van der Waals surface area contributed by atoms with Crippen molar-refractivity contribution in [3.8, 4) is 11.8 Å². The Balaban J connectivity index is 1.86. The average molecular weight is 329 g/mol. The van der Waals surface area contributed by atoms with Gasteiger partial charge in [-0.3, -0.25) is 5.32 Å². The Morgan fingerprint density at radius 3 is 2.88 bits per heavy atom. The van der Waals surface area contributed by atoms with E-state index in [0.29, 0.717) is 30.2 Å². The molecule has 0 aliphatic carbocycles. The van der Waals surface area contributed by atoms with E-state index in [2.05, 4.69) is 31.9 Å². The lowest BCUT2D eigenvalue weighted by Gasteiger charge is -2.23. The van der Waals surface area contributed by atoms with Gasteiger partial charge in [-0.1, -0.05) is 12.1 Å². The summed E-state index contributed by atoms with van der Waals surface area (Å²) < 4.78 is 5.70. The molecule has 0 saturated heterocycles. The topological polar surface area (TPSA) is 142 Å². The van der Waals surface area contributed by atoms with Crippen LogP contribution >= 0.6 is 0 Å². The first kappa shape index (κ1) is 17.4. The Morgan fingerprint density at radius 1 is 1.38 bits per heavy atom. The zero-order valence-corrected chi connectivity index (χ0v) is 13.2. The molecular formula is C15H19N7O2. The summed E-state index contributed by atoms with van der Waals surface area (Å²) in [7, 11) is 0. The molecule has 2 unspecified atom stereocenters. The lowest BCUT2D eigenvalue weighted by atomic mass is 10.2. The molecule has 5 N–H and O–H groups in total. The summed E-state index contributed by atoms with van der Waals surface area (Å²) in [5.41, 5.74) is 5.85. The summed E-state index contributed by atoms with van der Waals surface area (Å²) in [5, 5.41) is 32.3. The van der Waals surface area contributed by atoms with Gasteiger partial charge in [0.25, 0.3) is 0 Å². The molecule has 1 heterocycles. The molecule has 1 aromatic carbocycles. The van der Waals surface area contributed by atoms with Crippen molar-refractivity contribution in [3.05, 3.63) is 36.0 Å². The van der Waals surface area contributed by atoms with Crippen molar-refractivity contribution in [2.45, 2.75) is 19.3 Å². The normalized spacial score (nSPS) is 12.9. The standard InChI is InChI=1S/C15H19N7O2/c1-10(23)14(24-12-5-3-2-4-11(12)8-16)19-7-6-18-13-9-20-22-15(17)21-13/h2-5,9-10,14,19,23H,6-7H2,1H3,(H3,17,18,21,22). The lowest BCUT2D eigenvalue weighted by Crippen LogP contribution is -2.45. The van der Waals surface area contributed by atoms with Crippen molar-refractivity contribution >= 4 is 11.8 Å². The predicted molar refractivity (Wildman–Crippen MR) is 88.0 cm³/mol. The van der Waals surface area contributed by atoms with Crippen LogP contribution in [0.1, 0.15) is 12.5 Å². The minimum atomic E-state index is -0.770. The van der Waals surface area contributed by atoms with Gasteiger partial charge in [-0.15, -0.1) is 5.10 Å². The van der Waals surface area contributed by atoms with Gasteiger partial charge in [0.05, 0.1) is 11.8 Å². The van der Waals surface area contributed by atoms with Crippen LogP contribution < -0.4 is 21.1 Å². The highest BCUT2D eigenvalue weighted by Crippen LogP contribution is 2.18. The van der Waals surface area contributed by atoms with Crippen molar-refractivity contribution in [2.24, 2.45) is 0 Å². The number of aromatic nitrogens is 3. The molecule has 9 heteroatoms. The number of hydrogen-bond acceptors (Lipinski definition) is 9. The van der Waals surface area contributed by atoms with Gasteiger partial charge in [0.1, 0.15) is 17.9 Å². The van der Waals surface area contributed by atoms with E-state index in [0.717, 1.165) is 0 Å². The first-order valence-electron chi connectivity index (χ1n) is 7.36. The summed E-state index contributed by atoms with van der Waals surface area (Å²) in [4.78, 5) is 3.96. The maximum atomic E-state index is 9.85. The van der Waals surface area contributed by atoms with Gasteiger partial charge in [0.15, 0.2) is 12.0 Å². The maximum absolute atomic E-state index is 9.85. The van der Waals surface area contributed by atoms with Crippen molar-refractivity contribution in [2.75, 3.05) is 24.1 Å². The van der Waals surface area contributed by atoms with Gasteiger partial charge in [0, 0.05) is 13.1 Å². The van der Waals surface area contributed by atoms with Crippen LogP contribution in [-0.4, -0.2) is 45.7 Å². The third kappa shape index (κ3) is 5.05. The Bertz CT molecular complexity index is 702. The molecule has 2 rings (SSSR count). The second-order valence-corrected chi connectivity index (χ2v) is 4.97. The zero-order chi connectivity index (χ0) is 17.4. The van der Waals surface area contributed by atoms with Gasteiger partial charge in [-0.2, -0.15) is 15.3 Å². The number of benzene rings is 1. The fraction of sp³-hybridized carbons (Fsp3) is 0.333. The van der Waals surface area contributed by atoms with Crippen LogP contribution in [0.15, 0.2) is 30.5 Å². The summed E-state index contributed by atoms with van der Waals surface area (Å²) in [6.45, 7) is 2.59. The van der Waals surface area contributed by atoms with Crippen LogP contribution in [0.3, 0.4) is 0 Å². The summed E-state index contributed by atoms with van der Waals surface area (Å²) in [6.07, 6.45) is 0.0327. The fourth-order valence-electron chi connectivity index (χ4n) is 1.92. The highest BCUT2D eigenvalue weighted by molar-refractivity contribution is 5.42. The summed E-state index contributed by atoms with van der Waals surface area (Å²) in [5.74, 6) is 1.01. The van der Waals surface area contributed by atoms with E-state index in [1.165, 1.54) is 6.20 Å². The number of nitrogens with zero attached hydrogens (tertiary/aromatic N) is 4. The Labute approximate surface area is 139 Å². The third-order valence-corrected chi connectivity index (χ3v) is 3.05. The first-order valence-corrected chi connectivity index (χ1v) is 7.36. The zero-order valence-electron chi connectivity index (χ0n) is 13.2. The Kier molecular flexibility index (Phi) is 6.24. The minimum Gasteiger partial charge on any atom is -0.471 e. The van der Waals surface area contributed by atoms with E-state index in [-0.39, 0.29) is 5.95 Å². The molecule has 2 aromatic rings. The number of hydrogen-bond donors (Lipinski definition) is 4.